The van der Waals surface area contributed by atoms with Crippen LogP contribution in [0.25, 0.3) is 0 Å². The summed E-state index contributed by atoms with van der Waals surface area (Å²) < 4.78 is 13.7. The minimum Gasteiger partial charge on any atom is -0.343 e. The highest BCUT2D eigenvalue weighted by atomic mass is 19.1. The molecule has 1 saturated heterocycles. The predicted molar refractivity (Wildman–Crippen MR) is 73.2 cm³/mol. The van der Waals surface area contributed by atoms with Crippen molar-refractivity contribution in [2.45, 2.75) is 38.8 Å². The van der Waals surface area contributed by atoms with Gasteiger partial charge in [0.25, 0.3) is 0 Å². The van der Waals surface area contributed by atoms with Gasteiger partial charge in [-0.3, -0.25) is 4.79 Å². The Morgan fingerprint density at radius 1 is 1.37 bits per heavy atom. The summed E-state index contributed by atoms with van der Waals surface area (Å²) in [5.41, 5.74) is 0.705. The molecule has 1 N–H and O–H groups in total. The molecule has 1 amide bonds. The molecule has 1 aromatic rings. The van der Waals surface area contributed by atoms with Crippen molar-refractivity contribution in [1.29, 1.82) is 0 Å². The number of likely N-dealkylation sites (tertiary alicyclic amines) is 1. The zero-order chi connectivity index (χ0) is 13.8. The van der Waals surface area contributed by atoms with Gasteiger partial charge in [0.2, 0.25) is 5.91 Å². The van der Waals surface area contributed by atoms with E-state index in [0.717, 1.165) is 25.9 Å². The molecular weight excluding hydrogens is 243 g/mol. The molecule has 3 nitrogen and oxygen atoms in total. The lowest BCUT2D eigenvalue weighted by atomic mass is 10.0. The molecule has 0 radical (unpaired) electrons. The normalized spacial score (nSPS) is 18.4. The van der Waals surface area contributed by atoms with Crippen LogP contribution in [-0.4, -0.2) is 29.9 Å². The van der Waals surface area contributed by atoms with Gasteiger partial charge in [0.15, 0.2) is 0 Å². The first-order chi connectivity index (χ1) is 9.08. The van der Waals surface area contributed by atoms with Crippen molar-refractivity contribution in [3.63, 3.8) is 0 Å². The van der Waals surface area contributed by atoms with Crippen LogP contribution in [0.15, 0.2) is 24.3 Å². The van der Waals surface area contributed by atoms with Crippen LogP contribution in [0.4, 0.5) is 4.39 Å². The van der Waals surface area contributed by atoms with Crippen LogP contribution in [0.2, 0.25) is 0 Å². The van der Waals surface area contributed by atoms with Crippen LogP contribution in [0.3, 0.4) is 0 Å². The van der Waals surface area contributed by atoms with Gasteiger partial charge >= 0.3 is 0 Å². The third kappa shape index (κ3) is 3.53. The molecule has 1 aliphatic rings. The van der Waals surface area contributed by atoms with Crippen molar-refractivity contribution in [3.8, 4) is 0 Å². The van der Waals surface area contributed by atoms with Crippen molar-refractivity contribution in [2.24, 2.45) is 0 Å². The van der Waals surface area contributed by atoms with Crippen molar-refractivity contribution in [3.05, 3.63) is 35.6 Å². The summed E-state index contributed by atoms with van der Waals surface area (Å²) >= 11 is 0. The van der Waals surface area contributed by atoms with Gasteiger partial charge in [0.1, 0.15) is 5.82 Å². The Morgan fingerprint density at radius 3 is 2.58 bits per heavy atom. The largest absolute Gasteiger partial charge is 0.343 e. The number of hydrogen-bond donors (Lipinski definition) is 1. The van der Waals surface area contributed by atoms with E-state index < -0.39 is 0 Å². The first-order valence-electron chi connectivity index (χ1n) is 6.84. The maximum absolute atomic E-state index is 13.7. The summed E-state index contributed by atoms with van der Waals surface area (Å²) in [4.78, 5) is 13.1. The van der Waals surface area contributed by atoms with Gasteiger partial charge in [0, 0.05) is 37.7 Å². The molecule has 0 aromatic heterocycles. The van der Waals surface area contributed by atoms with Crippen LogP contribution in [-0.2, 0) is 4.79 Å². The molecule has 1 aliphatic heterocycles. The Balaban J connectivity index is 1.89. The van der Waals surface area contributed by atoms with Gasteiger partial charge in [-0.15, -0.1) is 0 Å². The highest BCUT2D eigenvalue weighted by Gasteiger charge is 2.22. The van der Waals surface area contributed by atoms with Crippen molar-refractivity contribution in [1.82, 2.24) is 10.2 Å². The SMILES string of the molecule is CC(=O)N1CCC(NC(C)c2ccccc2F)CC1. The number of rotatable bonds is 3. The Hall–Kier alpha value is -1.42. The fourth-order valence-corrected chi connectivity index (χ4v) is 2.63. The highest BCUT2D eigenvalue weighted by molar-refractivity contribution is 5.73. The van der Waals surface area contributed by atoms with Crippen molar-refractivity contribution >= 4 is 5.91 Å². The zero-order valence-corrected chi connectivity index (χ0v) is 11.5. The standard InChI is InChI=1S/C15H21FN2O/c1-11(14-5-3-4-6-15(14)16)17-13-7-9-18(10-8-13)12(2)19/h3-6,11,13,17H,7-10H2,1-2H3. The van der Waals surface area contributed by atoms with E-state index in [1.54, 1.807) is 13.0 Å². The second-order valence-corrected chi connectivity index (χ2v) is 5.19. The van der Waals surface area contributed by atoms with Gasteiger partial charge in [-0.1, -0.05) is 18.2 Å². The second-order valence-electron chi connectivity index (χ2n) is 5.19. The Morgan fingerprint density at radius 2 is 2.00 bits per heavy atom. The smallest absolute Gasteiger partial charge is 0.219 e. The maximum Gasteiger partial charge on any atom is 0.219 e. The van der Waals surface area contributed by atoms with E-state index in [4.69, 9.17) is 0 Å². The summed E-state index contributed by atoms with van der Waals surface area (Å²) in [6, 6.07) is 7.22. The lowest BCUT2D eigenvalue weighted by Gasteiger charge is -2.33. The number of benzene rings is 1. The molecule has 0 spiro atoms. The van der Waals surface area contributed by atoms with Crippen LogP contribution in [0.5, 0.6) is 0 Å². The quantitative estimate of drug-likeness (QED) is 0.909. The minimum absolute atomic E-state index is 0.00456. The van der Waals surface area contributed by atoms with Gasteiger partial charge in [-0.05, 0) is 25.8 Å². The molecule has 1 unspecified atom stereocenters. The number of nitrogens with one attached hydrogen (secondary N) is 1. The molecule has 0 bridgehead atoms. The summed E-state index contributed by atoms with van der Waals surface area (Å²) in [5.74, 6) is -0.0238. The van der Waals surface area contributed by atoms with Crippen LogP contribution in [0, 0.1) is 5.82 Å². The number of halogens is 1. The van der Waals surface area contributed by atoms with Gasteiger partial charge in [-0.2, -0.15) is 0 Å². The van der Waals surface area contributed by atoms with E-state index in [-0.39, 0.29) is 17.8 Å². The van der Waals surface area contributed by atoms with E-state index in [1.165, 1.54) is 6.07 Å². The number of carbonyl (C=O) groups is 1. The third-order valence-corrected chi connectivity index (χ3v) is 3.80. The number of amides is 1. The topological polar surface area (TPSA) is 32.3 Å². The number of carbonyl (C=O) groups excluding carboxylic acids is 1. The average molecular weight is 264 g/mol. The molecular formula is C15H21FN2O. The number of hydrogen-bond acceptors (Lipinski definition) is 2. The van der Waals surface area contributed by atoms with Crippen molar-refractivity contribution in [2.75, 3.05) is 13.1 Å². The van der Waals surface area contributed by atoms with E-state index in [1.807, 2.05) is 24.0 Å². The zero-order valence-electron chi connectivity index (χ0n) is 11.5. The lowest BCUT2D eigenvalue weighted by molar-refractivity contribution is -0.129. The average Bonchev–Trinajstić information content (AvgIpc) is 2.39. The summed E-state index contributed by atoms with van der Waals surface area (Å²) in [7, 11) is 0. The summed E-state index contributed by atoms with van der Waals surface area (Å²) in [5, 5.41) is 3.46. The van der Waals surface area contributed by atoms with E-state index >= 15 is 0 Å². The van der Waals surface area contributed by atoms with E-state index in [2.05, 4.69) is 5.32 Å². The minimum atomic E-state index is -0.163. The molecule has 4 heteroatoms. The third-order valence-electron chi connectivity index (χ3n) is 3.80. The first kappa shape index (κ1) is 14.0. The molecule has 0 saturated carbocycles. The van der Waals surface area contributed by atoms with Crippen LogP contribution < -0.4 is 5.32 Å². The van der Waals surface area contributed by atoms with Gasteiger partial charge in [0.05, 0.1) is 0 Å². The lowest BCUT2D eigenvalue weighted by Crippen LogP contribution is -2.44. The summed E-state index contributed by atoms with van der Waals surface area (Å²) in [6.45, 7) is 5.17. The maximum atomic E-state index is 13.7. The van der Waals surface area contributed by atoms with Gasteiger partial charge in [-0.25, -0.2) is 4.39 Å². The number of nitrogens with zero attached hydrogens (tertiary/aromatic N) is 1. The van der Waals surface area contributed by atoms with Crippen LogP contribution >= 0.6 is 0 Å². The monoisotopic (exact) mass is 264 g/mol. The molecule has 1 fully saturated rings. The molecule has 19 heavy (non-hydrogen) atoms. The predicted octanol–water partition coefficient (Wildman–Crippen LogP) is 2.49. The fourth-order valence-electron chi connectivity index (χ4n) is 2.63. The Kier molecular flexibility index (Phi) is 4.53. The van der Waals surface area contributed by atoms with Crippen molar-refractivity contribution < 1.29 is 9.18 Å². The molecule has 1 atom stereocenters. The first-order valence-corrected chi connectivity index (χ1v) is 6.84. The summed E-state index contributed by atoms with van der Waals surface area (Å²) in [6.07, 6.45) is 1.86. The Labute approximate surface area is 113 Å². The second kappa shape index (κ2) is 6.15. The van der Waals surface area contributed by atoms with E-state index in [0.29, 0.717) is 11.6 Å². The molecule has 0 aliphatic carbocycles. The molecule has 1 aromatic carbocycles. The molecule has 2 rings (SSSR count). The molecule has 1 heterocycles. The Bertz CT molecular complexity index is 442. The van der Waals surface area contributed by atoms with E-state index in [9.17, 15) is 9.18 Å². The molecule has 104 valence electrons. The highest BCUT2D eigenvalue weighted by Crippen LogP contribution is 2.19. The number of piperidine rings is 1. The van der Waals surface area contributed by atoms with Gasteiger partial charge < -0.3 is 10.2 Å². The fraction of sp³-hybridized carbons (Fsp3) is 0.533. The van der Waals surface area contributed by atoms with Crippen LogP contribution in [0.1, 0.15) is 38.3 Å².